The molecule has 25 heavy (non-hydrogen) atoms. The van der Waals surface area contributed by atoms with Gasteiger partial charge in [0.2, 0.25) is 5.91 Å². The molecule has 5 nitrogen and oxygen atoms in total. The lowest BCUT2D eigenvalue weighted by molar-refractivity contribution is -0.134. The molecule has 5 heteroatoms. The number of fused-ring (bicyclic) bond motifs is 1. The third-order valence-corrected chi connectivity index (χ3v) is 5.46. The van der Waals surface area contributed by atoms with Crippen molar-refractivity contribution in [3.8, 4) is 5.75 Å². The molecule has 1 aliphatic heterocycles. The lowest BCUT2D eigenvalue weighted by Crippen LogP contribution is -2.50. The Morgan fingerprint density at radius 3 is 2.92 bits per heavy atom. The molecule has 2 aromatic rings. The second kappa shape index (κ2) is 6.71. The van der Waals surface area contributed by atoms with E-state index in [-0.39, 0.29) is 0 Å². The molecular weight excluding hydrogens is 316 g/mol. The first-order valence-corrected chi connectivity index (χ1v) is 9.23. The molecule has 1 saturated carbocycles. The van der Waals surface area contributed by atoms with Crippen LogP contribution in [0.15, 0.2) is 28.7 Å². The average molecular weight is 342 g/mol. The number of likely N-dealkylation sites (tertiary alicyclic amines) is 1. The fraction of sp³-hybridized carbons (Fsp3) is 0.550. The van der Waals surface area contributed by atoms with Crippen LogP contribution in [-0.2, 0) is 11.3 Å². The lowest BCUT2D eigenvalue weighted by Gasteiger charge is -2.37. The van der Waals surface area contributed by atoms with Gasteiger partial charge in [0.25, 0.3) is 0 Å². The summed E-state index contributed by atoms with van der Waals surface area (Å²) in [6.07, 6.45) is 3.17. The van der Waals surface area contributed by atoms with E-state index < -0.39 is 0 Å². The summed E-state index contributed by atoms with van der Waals surface area (Å²) in [6, 6.07) is 8.41. The monoisotopic (exact) mass is 342 g/mol. The van der Waals surface area contributed by atoms with E-state index in [0.29, 0.717) is 30.3 Å². The minimum atomic E-state index is 0.322. The number of hydrogen-bond acceptors (Lipinski definition) is 4. The van der Waals surface area contributed by atoms with Gasteiger partial charge in [0, 0.05) is 30.4 Å². The second-order valence-electron chi connectivity index (χ2n) is 7.40. The zero-order valence-corrected chi connectivity index (χ0v) is 15.0. The molecule has 2 fully saturated rings. The quantitative estimate of drug-likeness (QED) is 0.907. The highest BCUT2D eigenvalue weighted by molar-refractivity contribution is 5.83. The second-order valence-corrected chi connectivity index (χ2v) is 7.40. The lowest BCUT2D eigenvalue weighted by atomic mass is 9.93. The standard InChI is InChI=1S/C20H26N2O3/c1-13-12-22(20(23)14-6-7-14)9-8-17(13)21-11-16-10-15-4-3-5-18(24-2)19(15)25-16/h3-5,10,13-14,17,21H,6-9,11-12H2,1-2H3. The Kier molecular flexibility index (Phi) is 4.42. The molecule has 2 atom stereocenters. The van der Waals surface area contributed by atoms with Crippen LogP contribution in [0.2, 0.25) is 0 Å². The van der Waals surface area contributed by atoms with Gasteiger partial charge < -0.3 is 19.4 Å². The summed E-state index contributed by atoms with van der Waals surface area (Å²) in [5.41, 5.74) is 0.805. The number of piperidine rings is 1. The molecule has 0 spiro atoms. The van der Waals surface area contributed by atoms with E-state index in [1.165, 1.54) is 0 Å². The molecule has 2 aliphatic rings. The Labute approximate surface area is 148 Å². The number of benzene rings is 1. The van der Waals surface area contributed by atoms with Crippen molar-refractivity contribution in [3.05, 3.63) is 30.0 Å². The summed E-state index contributed by atoms with van der Waals surface area (Å²) in [5.74, 6) is 2.83. The molecule has 1 saturated heterocycles. The van der Waals surface area contributed by atoms with E-state index >= 15 is 0 Å². The highest BCUT2D eigenvalue weighted by atomic mass is 16.5. The van der Waals surface area contributed by atoms with Crippen molar-refractivity contribution in [2.45, 2.75) is 38.8 Å². The molecule has 134 valence electrons. The number of nitrogens with one attached hydrogen (secondary N) is 1. The molecule has 2 unspecified atom stereocenters. The fourth-order valence-corrected chi connectivity index (χ4v) is 3.81. The van der Waals surface area contributed by atoms with E-state index in [2.05, 4.69) is 23.2 Å². The van der Waals surface area contributed by atoms with Crippen LogP contribution in [-0.4, -0.2) is 37.0 Å². The Hall–Kier alpha value is -2.01. The number of furan rings is 1. The Morgan fingerprint density at radius 1 is 1.36 bits per heavy atom. The van der Waals surface area contributed by atoms with Gasteiger partial charge in [-0.25, -0.2) is 0 Å². The van der Waals surface area contributed by atoms with Crippen LogP contribution < -0.4 is 10.1 Å². The van der Waals surface area contributed by atoms with E-state index in [9.17, 15) is 4.79 Å². The van der Waals surface area contributed by atoms with Gasteiger partial charge in [-0.05, 0) is 37.3 Å². The van der Waals surface area contributed by atoms with Crippen LogP contribution in [0.1, 0.15) is 31.9 Å². The molecule has 1 N–H and O–H groups in total. The summed E-state index contributed by atoms with van der Waals surface area (Å²) < 4.78 is 11.3. The van der Waals surface area contributed by atoms with E-state index in [0.717, 1.165) is 54.8 Å². The molecule has 2 heterocycles. The zero-order valence-electron chi connectivity index (χ0n) is 15.0. The van der Waals surface area contributed by atoms with E-state index in [4.69, 9.17) is 9.15 Å². The van der Waals surface area contributed by atoms with Gasteiger partial charge in [-0.1, -0.05) is 19.1 Å². The highest BCUT2D eigenvalue weighted by Crippen LogP contribution is 2.33. The van der Waals surface area contributed by atoms with E-state index in [1.807, 2.05) is 18.2 Å². The van der Waals surface area contributed by atoms with Crippen molar-refractivity contribution < 1.29 is 13.9 Å². The molecule has 0 radical (unpaired) electrons. The predicted molar refractivity (Wildman–Crippen MR) is 96.5 cm³/mol. The molecule has 1 aromatic carbocycles. The largest absolute Gasteiger partial charge is 0.493 e. The fourth-order valence-electron chi connectivity index (χ4n) is 3.81. The number of rotatable bonds is 5. The maximum absolute atomic E-state index is 12.2. The molecular formula is C20H26N2O3. The van der Waals surface area contributed by atoms with Gasteiger partial charge in [0.15, 0.2) is 11.3 Å². The van der Waals surface area contributed by atoms with Gasteiger partial charge >= 0.3 is 0 Å². The molecule has 1 aromatic heterocycles. The van der Waals surface area contributed by atoms with Crippen molar-refractivity contribution in [1.29, 1.82) is 0 Å². The first kappa shape index (κ1) is 16.5. The van der Waals surface area contributed by atoms with Gasteiger partial charge in [-0.2, -0.15) is 0 Å². The van der Waals surface area contributed by atoms with Crippen molar-refractivity contribution in [3.63, 3.8) is 0 Å². The molecule has 1 amide bonds. The third kappa shape index (κ3) is 3.38. The number of nitrogens with zero attached hydrogens (tertiary/aromatic N) is 1. The van der Waals surface area contributed by atoms with Gasteiger partial charge in [0.1, 0.15) is 5.76 Å². The minimum Gasteiger partial charge on any atom is -0.493 e. The number of carbonyl (C=O) groups excluding carboxylic acids is 1. The summed E-state index contributed by atoms with van der Waals surface area (Å²) >= 11 is 0. The van der Waals surface area contributed by atoms with Crippen molar-refractivity contribution in [1.82, 2.24) is 10.2 Å². The maximum atomic E-state index is 12.2. The Morgan fingerprint density at radius 2 is 2.20 bits per heavy atom. The average Bonchev–Trinajstić information content (AvgIpc) is 3.38. The number of hydrogen-bond donors (Lipinski definition) is 1. The van der Waals surface area contributed by atoms with Crippen molar-refractivity contribution in [2.75, 3.05) is 20.2 Å². The predicted octanol–water partition coefficient (Wildman–Crippen LogP) is 3.18. The van der Waals surface area contributed by atoms with Crippen LogP contribution in [0.5, 0.6) is 5.75 Å². The highest BCUT2D eigenvalue weighted by Gasteiger charge is 2.36. The van der Waals surface area contributed by atoms with Gasteiger partial charge in [-0.3, -0.25) is 4.79 Å². The van der Waals surface area contributed by atoms with Gasteiger partial charge in [-0.15, -0.1) is 0 Å². The Bertz CT molecular complexity index is 765. The van der Waals surface area contributed by atoms with E-state index in [1.54, 1.807) is 7.11 Å². The van der Waals surface area contributed by atoms with Crippen LogP contribution in [0.4, 0.5) is 0 Å². The van der Waals surface area contributed by atoms with Crippen LogP contribution in [0.3, 0.4) is 0 Å². The summed E-state index contributed by atoms with van der Waals surface area (Å²) in [7, 11) is 1.66. The van der Waals surface area contributed by atoms with Crippen LogP contribution in [0, 0.1) is 11.8 Å². The summed E-state index contributed by atoms with van der Waals surface area (Å²) in [4.78, 5) is 14.3. The van der Waals surface area contributed by atoms with Crippen LogP contribution in [0.25, 0.3) is 11.0 Å². The maximum Gasteiger partial charge on any atom is 0.225 e. The van der Waals surface area contributed by atoms with Gasteiger partial charge in [0.05, 0.1) is 13.7 Å². The van der Waals surface area contributed by atoms with Crippen LogP contribution >= 0.6 is 0 Å². The first-order valence-electron chi connectivity index (χ1n) is 9.23. The summed E-state index contributed by atoms with van der Waals surface area (Å²) in [5, 5.41) is 4.68. The molecule has 4 rings (SSSR count). The topological polar surface area (TPSA) is 54.7 Å². The summed E-state index contributed by atoms with van der Waals surface area (Å²) in [6.45, 7) is 4.65. The zero-order chi connectivity index (χ0) is 17.4. The number of amides is 1. The molecule has 1 aliphatic carbocycles. The Balaban J connectivity index is 1.36. The van der Waals surface area contributed by atoms with Crippen molar-refractivity contribution >= 4 is 16.9 Å². The SMILES string of the molecule is COc1cccc2cc(CNC3CCN(C(=O)C4CC4)CC3C)oc12. The number of carbonyl (C=O) groups is 1. The third-order valence-electron chi connectivity index (χ3n) is 5.46. The molecule has 0 bridgehead atoms. The smallest absolute Gasteiger partial charge is 0.225 e. The number of para-hydroxylation sites is 1. The number of methoxy groups -OCH3 is 1. The first-order chi connectivity index (χ1) is 12.2. The number of ether oxygens (including phenoxy) is 1. The minimum absolute atomic E-state index is 0.322. The van der Waals surface area contributed by atoms with Crippen molar-refractivity contribution in [2.24, 2.45) is 11.8 Å². The normalized spacial score (nSPS) is 23.8.